The summed E-state index contributed by atoms with van der Waals surface area (Å²) in [7, 11) is 2.05. The highest BCUT2D eigenvalue weighted by atomic mass is 15.0. The van der Waals surface area contributed by atoms with E-state index in [2.05, 4.69) is 32.7 Å². The van der Waals surface area contributed by atoms with Crippen LogP contribution in [0, 0.1) is 0 Å². The Kier molecular flexibility index (Phi) is 3.01. The quantitative estimate of drug-likeness (QED) is 0.777. The highest BCUT2D eigenvalue weighted by molar-refractivity contribution is 5.86. The Morgan fingerprint density at radius 1 is 1.16 bits per heavy atom. The molecule has 0 fully saturated rings. The second kappa shape index (κ2) is 4.82. The third kappa shape index (κ3) is 2.11. The first kappa shape index (κ1) is 11.9. The van der Waals surface area contributed by atoms with Crippen molar-refractivity contribution in [1.82, 2.24) is 14.5 Å². The number of hydrogen-bond donors (Lipinski definition) is 1. The van der Waals surface area contributed by atoms with E-state index in [-0.39, 0.29) is 0 Å². The largest absolute Gasteiger partial charge is 0.342 e. The maximum absolute atomic E-state index is 5.51. The Hall–Kier alpha value is -2.20. The molecule has 0 atom stereocenters. The molecule has 0 amide bonds. The zero-order valence-corrected chi connectivity index (χ0v) is 10.9. The van der Waals surface area contributed by atoms with E-state index in [1.54, 1.807) is 6.20 Å². The Bertz CT molecular complexity index is 698. The third-order valence-electron chi connectivity index (χ3n) is 3.32. The average molecular weight is 252 g/mol. The van der Waals surface area contributed by atoms with Crippen molar-refractivity contribution < 1.29 is 0 Å². The van der Waals surface area contributed by atoms with Crippen LogP contribution in [0.15, 0.2) is 42.7 Å². The lowest BCUT2D eigenvalue weighted by atomic mass is 10.2. The zero-order valence-electron chi connectivity index (χ0n) is 10.9. The van der Waals surface area contributed by atoms with Crippen molar-refractivity contribution in [2.45, 2.75) is 6.42 Å². The number of aryl methyl sites for hydroxylation is 1. The van der Waals surface area contributed by atoms with Crippen LogP contribution in [0.4, 0.5) is 0 Å². The van der Waals surface area contributed by atoms with Gasteiger partial charge in [-0.3, -0.25) is 9.97 Å². The lowest BCUT2D eigenvalue weighted by molar-refractivity contribution is 0.903. The topological polar surface area (TPSA) is 56.7 Å². The van der Waals surface area contributed by atoms with Crippen molar-refractivity contribution in [3.8, 4) is 11.4 Å². The van der Waals surface area contributed by atoms with Crippen LogP contribution in [-0.2, 0) is 13.5 Å². The van der Waals surface area contributed by atoms with E-state index in [1.165, 1.54) is 10.9 Å². The van der Waals surface area contributed by atoms with Crippen LogP contribution < -0.4 is 5.73 Å². The molecule has 2 N–H and O–H groups in total. The maximum atomic E-state index is 5.51. The highest BCUT2D eigenvalue weighted by Gasteiger charge is 2.08. The number of para-hydroxylation sites is 1. The summed E-state index contributed by atoms with van der Waals surface area (Å²) in [4.78, 5) is 8.89. The minimum atomic E-state index is 0.599. The molecule has 0 bridgehead atoms. The summed E-state index contributed by atoms with van der Waals surface area (Å²) in [5, 5.41) is 1.22. The summed E-state index contributed by atoms with van der Waals surface area (Å²) in [5.41, 5.74) is 9.61. The van der Waals surface area contributed by atoms with Gasteiger partial charge in [-0.15, -0.1) is 0 Å². The van der Waals surface area contributed by atoms with E-state index in [9.17, 15) is 0 Å². The number of benzene rings is 1. The summed E-state index contributed by atoms with van der Waals surface area (Å²) in [6.45, 7) is 0.599. The van der Waals surface area contributed by atoms with Gasteiger partial charge in [0.1, 0.15) is 5.69 Å². The van der Waals surface area contributed by atoms with Crippen molar-refractivity contribution in [1.29, 1.82) is 0 Å². The van der Waals surface area contributed by atoms with Crippen molar-refractivity contribution in [3.05, 3.63) is 48.4 Å². The summed E-state index contributed by atoms with van der Waals surface area (Å²) >= 11 is 0. The van der Waals surface area contributed by atoms with Crippen molar-refractivity contribution in [3.63, 3.8) is 0 Å². The average Bonchev–Trinajstić information content (AvgIpc) is 2.78. The fourth-order valence-corrected chi connectivity index (χ4v) is 2.30. The first-order chi connectivity index (χ1) is 9.29. The first-order valence-corrected chi connectivity index (χ1v) is 6.35. The summed E-state index contributed by atoms with van der Waals surface area (Å²) < 4.78 is 2.14. The molecule has 0 aliphatic heterocycles. The van der Waals surface area contributed by atoms with E-state index in [1.807, 2.05) is 25.4 Å². The van der Waals surface area contributed by atoms with Crippen molar-refractivity contribution >= 4 is 10.9 Å². The van der Waals surface area contributed by atoms with Gasteiger partial charge in [0.05, 0.1) is 17.6 Å². The van der Waals surface area contributed by atoms with Gasteiger partial charge in [0.2, 0.25) is 0 Å². The molecular weight excluding hydrogens is 236 g/mol. The van der Waals surface area contributed by atoms with Gasteiger partial charge in [0.15, 0.2) is 0 Å². The second-order valence-electron chi connectivity index (χ2n) is 4.58. The molecule has 0 unspecified atom stereocenters. The standard InChI is InChI=1S/C15H16N4/c1-19-14-5-3-2-4-11(14)8-15(19)13-10-17-12(6-7-16)9-18-13/h2-5,8-10H,6-7,16H2,1H3. The minimum Gasteiger partial charge on any atom is -0.342 e. The summed E-state index contributed by atoms with van der Waals surface area (Å²) in [5.74, 6) is 0. The first-order valence-electron chi connectivity index (χ1n) is 6.35. The molecule has 19 heavy (non-hydrogen) atoms. The molecule has 0 saturated heterocycles. The number of aromatic nitrogens is 3. The number of fused-ring (bicyclic) bond motifs is 1. The summed E-state index contributed by atoms with van der Waals surface area (Å²) in [6.07, 6.45) is 4.39. The molecule has 3 aromatic rings. The lowest BCUT2D eigenvalue weighted by Gasteiger charge is -2.04. The number of rotatable bonds is 3. The molecule has 4 heteroatoms. The molecule has 2 aromatic heterocycles. The van der Waals surface area contributed by atoms with Crippen LogP contribution in [-0.4, -0.2) is 21.1 Å². The Morgan fingerprint density at radius 3 is 2.68 bits per heavy atom. The summed E-state index contributed by atoms with van der Waals surface area (Å²) in [6, 6.07) is 10.4. The fourth-order valence-electron chi connectivity index (χ4n) is 2.30. The molecule has 0 saturated carbocycles. The van der Waals surface area contributed by atoms with Gasteiger partial charge in [-0.25, -0.2) is 0 Å². The van der Waals surface area contributed by atoms with Crippen LogP contribution in [0.25, 0.3) is 22.3 Å². The van der Waals surface area contributed by atoms with Crippen LogP contribution in [0.2, 0.25) is 0 Å². The molecule has 0 spiro atoms. The van der Waals surface area contributed by atoms with E-state index in [4.69, 9.17) is 5.73 Å². The predicted molar refractivity (Wildman–Crippen MR) is 76.7 cm³/mol. The van der Waals surface area contributed by atoms with Gasteiger partial charge in [-0.05, 0) is 18.7 Å². The molecule has 3 rings (SSSR count). The van der Waals surface area contributed by atoms with Gasteiger partial charge in [-0.2, -0.15) is 0 Å². The highest BCUT2D eigenvalue weighted by Crippen LogP contribution is 2.25. The molecular formula is C15H16N4. The van der Waals surface area contributed by atoms with Gasteiger partial charge >= 0.3 is 0 Å². The Balaban J connectivity index is 2.06. The van der Waals surface area contributed by atoms with Gasteiger partial charge in [0, 0.05) is 30.6 Å². The van der Waals surface area contributed by atoms with Gasteiger partial charge < -0.3 is 10.3 Å². The molecule has 96 valence electrons. The van der Waals surface area contributed by atoms with E-state index >= 15 is 0 Å². The minimum absolute atomic E-state index is 0.599. The SMILES string of the molecule is Cn1c(-c2cnc(CCN)cn2)cc2ccccc21. The second-order valence-corrected chi connectivity index (χ2v) is 4.58. The monoisotopic (exact) mass is 252 g/mol. The molecule has 2 heterocycles. The van der Waals surface area contributed by atoms with E-state index in [0.717, 1.165) is 23.5 Å². The molecule has 0 radical (unpaired) electrons. The Morgan fingerprint density at radius 2 is 2.00 bits per heavy atom. The van der Waals surface area contributed by atoms with Crippen LogP contribution in [0.5, 0.6) is 0 Å². The van der Waals surface area contributed by atoms with Crippen molar-refractivity contribution in [2.24, 2.45) is 12.8 Å². The number of hydrogen-bond acceptors (Lipinski definition) is 3. The van der Waals surface area contributed by atoms with Gasteiger partial charge in [0.25, 0.3) is 0 Å². The number of nitrogens with zero attached hydrogens (tertiary/aromatic N) is 3. The number of nitrogens with two attached hydrogens (primary N) is 1. The van der Waals surface area contributed by atoms with E-state index < -0.39 is 0 Å². The van der Waals surface area contributed by atoms with E-state index in [0.29, 0.717) is 6.54 Å². The fraction of sp³-hybridized carbons (Fsp3) is 0.200. The molecule has 0 aliphatic carbocycles. The Labute approximate surface area is 111 Å². The molecule has 4 nitrogen and oxygen atoms in total. The normalized spacial score (nSPS) is 11.1. The van der Waals surface area contributed by atoms with Crippen LogP contribution >= 0.6 is 0 Å². The van der Waals surface area contributed by atoms with Crippen LogP contribution in [0.3, 0.4) is 0 Å². The molecule has 0 aliphatic rings. The lowest BCUT2D eigenvalue weighted by Crippen LogP contribution is -2.05. The third-order valence-corrected chi connectivity index (χ3v) is 3.32. The predicted octanol–water partition coefficient (Wildman–Crippen LogP) is 2.14. The van der Waals surface area contributed by atoms with Gasteiger partial charge in [-0.1, -0.05) is 18.2 Å². The van der Waals surface area contributed by atoms with Crippen LogP contribution in [0.1, 0.15) is 5.69 Å². The maximum Gasteiger partial charge on any atom is 0.105 e. The smallest absolute Gasteiger partial charge is 0.105 e. The zero-order chi connectivity index (χ0) is 13.2. The molecule has 1 aromatic carbocycles. The van der Waals surface area contributed by atoms with Crippen molar-refractivity contribution in [2.75, 3.05) is 6.54 Å².